The number of hydrogen-bond donors (Lipinski definition) is 1. The van der Waals surface area contributed by atoms with Crippen LogP contribution in [0.25, 0.3) is 0 Å². The molecule has 0 radical (unpaired) electrons. The molecule has 2 N–H and O–H groups in total. The van der Waals surface area contributed by atoms with Gasteiger partial charge in [-0.2, -0.15) is 0 Å². The second kappa shape index (κ2) is 7.59. The first-order chi connectivity index (χ1) is 9.52. The summed E-state index contributed by atoms with van der Waals surface area (Å²) in [6.45, 7) is 0. The Morgan fingerprint density at radius 2 is 1.75 bits per heavy atom. The molecule has 0 bridgehead atoms. The van der Waals surface area contributed by atoms with E-state index in [2.05, 4.69) is 44.0 Å². The second-order valence-corrected chi connectivity index (χ2v) is 7.43. The molecule has 1 unspecified atom stereocenters. The topological polar surface area (TPSA) is 26.0 Å². The van der Waals surface area contributed by atoms with Crippen LogP contribution in [-0.2, 0) is 6.42 Å². The molecule has 0 fully saturated rings. The number of halogens is 3. The number of rotatable bonds is 5. The summed E-state index contributed by atoms with van der Waals surface area (Å²) in [4.78, 5) is 1.18. The summed E-state index contributed by atoms with van der Waals surface area (Å²) in [5.41, 5.74) is 7.03. The van der Waals surface area contributed by atoms with E-state index in [1.165, 1.54) is 17.0 Å². The van der Waals surface area contributed by atoms with Gasteiger partial charge in [0, 0.05) is 25.6 Å². The fraction of sp³-hybridized carbons (Fsp3) is 0.200. The Labute approximate surface area is 139 Å². The van der Waals surface area contributed by atoms with E-state index in [0.29, 0.717) is 6.42 Å². The summed E-state index contributed by atoms with van der Waals surface area (Å²) in [6.07, 6.45) is 0.667. The molecule has 0 saturated carbocycles. The highest BCUT2D eigenvalue weighted by molar-refractivity contribution is 9.10. The predicted molar refractivity (Wildman–Crippen MR) is 90.6 cm³/mol. The average molecular weight is 419 g/mol. The molecule has 0 heterocycles. The highest BCUT2D eigenvalue weighted by atomic mass is 79.9. The maximum atomic E-state index is 13.3. The van der Waals surface area contributed by atoms with Crippen molar-refractivity contribution in [2.75, 3.05) is 5.75 Å². The molecule has 2 rings (SSSR count). The lowest BCUT2D eigenvalue weighted by atomic mass is 10.1. The van der Waals surface area contributed by atoms with E-state index >= 15 is 0 Å². The number of nitrogens with two attached hydrogens (primary N) is 1. The van der Waals surface area contributed by atoms with Crippen molar-refractivity contribution < 1.29 is 4.39 Å². The van der Waals surface area contributed by atoms with Gasteiger partial charge in [-0.05, 0) is 54.4 Å². The van der Waals surface area contributed by atoms with E-state index in [-0.39, 0.29) is 11.9 Å². The summed E-state index contributed by atoms with van der Waals surface area (Å²) < 4.78 is 15.1. The second-order valence-electron chi connectivity index (χ2n) is 4.51. The van der Waals surface area contributed by atoms with Crippen molar-refractivity contribution in [3.8, 4) is 0 Å². The monoisotopic (exact) mass is 417 g/mol. The van der Waals surface area contributed by atoms with Gasteiger partial charge in [-0.1, -0.05) is 31.9 Å². The third-order valence-corrected chi connectivity index (χ3v) is 4.88. The zero-order valence-electron chi connectivity index (χ0n) is 10.7. The Hall–Kier alpha value is -0.360. The molecule has 106 valence electrons. The largest absolute Gasteiger partial charge is 0.327 e. The lowest BCUT2D eigenvalue weighted by Gasteiger charge is -2.12. The molecular formula is C15H14Br2FNS. The molecule has 20 heavy (non-hydrogen) atoms. The van der Waals surface area contributed by atoms with Crippen molar-refractivity contribution >= 4 is 43.6 Å². The minimum atomic E-state index is -0.234. The third-order valence-electron chi connectivity index (χ3n) is 2.70. The molecule has 0 aliphatic rings. The van der Waals surface area contributed by atoms with Gasteiger partial charge in [0.15, 0.2) is 0 Å². The molecule has 0 spiro atoms. The zero-order chi connectivity index (χ0) is 14.5. The van der Waals surface area contributed by atoms with E-state index < -0.39 is 0 Å². The van der Waals surface area contributed by atoms with Crippen LogP contribution in [-0.4, -0.2) is 11.8 Å². The fourth-order valence-corrected chi connectivity index (χ4v) is 3.45. The van der Waals surface area contributed by atoms with E-state index in [0.717, 1.165) is 20.3 Å². The molecule has 1 nitrogen and oxygen atoms in total. The van der Waals surface area contributed by atoms with Crippen molar-refractivity contribution in [2.24, 2.45) is 5.73 Å². The summed E-state index contributed by atoms with van der Waals surface area (Å²) in [6, 6.07) is 13.0. The molecule has 0 saturated heterocycles. The van der Waals surface area contributed by atoms with E-state index in [9.17, 15) is 4.39 Å². The van der Waals surface area contributed by atoms with E-state index in [4.69, 9.17) is 5.73 Å². The lowest BCUT2D eigenvalue weighted by molar-refractivity contribution is 0.622. The highest BCUT2D eigenvalue weighted by Gasteiger charge is 2.07. The SMILES string of the molecule is NC(CSc1ccc(Br)cc1)Cc1cc(F)cc(Br)c1. The Bertz CT molecular complexity index is 554. The van der Waals surface area contributed by atoms with Crippen LogP contribution < -0.4 is 5.73 Å². The van der Waals surface area contributed by atoms with Gasteiger partial charge in [0.05, 0.1) is 0 Å². The van der Waals surface area contributed by atoms with Crippen LogP contribution in [0.4, 0.5) is 4.39 Å². The van der Waals surface area contributed by atoms with Gasteiger partial charge in [0.25, 0.3) is 0 Å². The first kappa shape index (κ1) is 16.0. The Balaban J connectivity index is 1.88. The van der Waals surface area contributed by atoms with Crippen LogP contribution in [0, 0.1) is 5.82 Å². The van der Waals surface area contributed by atoms with Gasteiger partial charge in [-0.3, -0.25) is 0 Å². The molecule has 0 amide bonds. The van der Waals surface area contributed by atoms with Crippen molar-refractivity contribution in [3.63, 3.8) is 0 Å². The molecule has 0 aliphatic carbocycles. The maximum Gasteiger partial charge on any atom is 0.124 e. The molecule has 1 atom stereocenters. The zero-order valence-corrected chi connectivity index (χ0v) is 14.6. The normalized spacial score (nSPS) is 12.4. The van der Waals surface area contributed by atoms with E-state index in [1.807, 2.05) is 18.2 Å². The van der Waals surface area contributed by atoms with Gasteiger partial charge in [0.1, 0.15) is 5.82 Å². The molecule has 0 aliphatic heterocycles. The quantitative estimate of drug-likeness (QED) is 0.690. The Morgan fingerprint density at radius 1 is 1.05 bits per heavy atom. The van der Waals surface area contributed by atoms with Gasteiger partial charge in [-0.15, -0.1) is 11.8 Å². The highest BCUT2D eigenvalue weighted by Crippen LogP contribution is 2.22. The van der Waals surface area contributed by atoms with Crippen LogP contribution in [0.1, 0.15) is 5.56 Å². The Morgan fingerprint density at radius 3 is 2.40 bits per heavy atom. The van der Waals surface area contributed by atoms with Gasteiger partial charge < -0.3 is 5.73 Å². The van der Waals surface area contributed by atoms with E-state index in [1.54, 1.807) is 11.8 Å². The minimum Gasteiger partial charge on any atom is -0.327 e. The summed E-state index contributed by atoms with van der Waals surface area (Å²) in [5.74, 6) is 0.567. The van der Waals surface area contributed by atoms with Gasteiger partial charge in [-0.25, -0.2) is 4.39 Å². The fourth-order valence-electron chi connectivity index (χ4n) is 1.82. The smallest absolute Gasteiger partial charge is 0.124 e. The van der Waals surface area contributed by atoms with Crippen molar-refractivity contribution in [1.82, 2.24) is 0 Å². The summed E-state index contributed by atoms with van der Waals surface area (Å²) >= 11 is 8.42. The number of hydrogen-bond acceptors (Lipinski definition) is 2. The first-order valence-corrected chi connectivity index (χ1v) is 8.69. The van der Waals surface area contributed by atoms with Crippen molar-refractivity contribution in [1.29, 1.82) is 0 Å². The average Bonchev–Trinajstić information content (AvgIpc) is 2.37. The standard InChI is InChI=1S/C15H14Br2FNS/c16-11-1-3-15(4-2-11)20-9-14(19)7-10-5-12(17)8-13(18)6-10/h1-6,8,14H,7,9,19H2. The first-order valence-electron chi connectivity index (χ1n) is 6.12. The lowest BCUT2D eigenvalue weighted by Crippen LogP contribution is -2.25. The van der Waals surface area contributed by atoms with Crippen LogP contribution >= 0.6 is 43.6 Å². The molecule has 5 heteroatoms. The Kier molecular flexibility index (Phi) is 6.08. The number of thioether (sulfide) groups is 1. The van der Waals surface area contributed by atoms with Crippen molar-refractivity contribution in [2.45, 2.75) is 17.4 Å². The summed E-state index contributed by atoms with van der Waals surface area (Å²) in [5, 5.41) is 0. The summed E-state index contributed by atoms with van der Waals surface area (Å²) in [7, 11) is 0. The molecular weight excluding hydrogens is 405 g/mol. The van der Waals surface area contributed by atoms with Crippen LogP contribution in [0.15, 0.2) is 56.3 Å². The maximum absolute atomic E-state index is 13.3. The van der Waals surface area contributed by atoms with Gasteiger partial charge in [0.2, 0.25) is 0 Å². The molecule has 0 aromatic heterocycles. The van der Waals surface area contributed by atoms with Crippen molar-refractivity contribution in [3.05, 3.63) is 62.8 Å². The predicted octanol–water partition coefficient (Wildman–Crippen LogP) is 5.01. The molecule has 2 aromatic rings. The van der Waals surface area contributed by atoms with Gasteiger partial charge >= 0.3 is 0 Å². The molecule has 2 aromatic carbocycles. The number of benzene rings is 2. The van der Waals surface area contributed by atoms with Crippen LogP contribution in [0.3, 0.4) is 0 Å². The van der Waals surface area contributed by atoms with Crippen LogP contribution in [0.2, 0.25) is 0 Å². The minimum absolute atomic E-state index is 0.00246. The van der Waals surface area contributed by atoms with Crippen LogP contribution in [0.5, 0.6) is 0 Å². The third kappa shape index (κ3) is 5.20.